The van der Waals surface area contributed by atoms with Crippen molar-refractivity contribution in [3.05, 3.63) is 35.6 Å². The number of benzene rings is 1. The van der Waals surface area contributed by atoms with E-state index in [4.69, 9.17) is 4.74 Å². The van der Waals surface area contributed by atoms with Crippen LogP contribution >= 0.6 is 0 Å². The summed E-state index contributed by atoms with van der Waals surface area (Å²) in [6, 6.07) is 3.11. The van der Waals surface area contributed by atoms with Crippen molar-refractivity contribution in [3.63, 3.8) is 0 Å². The molecule has 2 amide bonds. The van der Waals surface area contributed by atoms with Crippen molar-refractivity contribution < 1.29 is 33.0 Å². The first-order valence-electron chi connectivity index (χ1n) is 9.03. The molecule has 0 fully saturated rings. The standard InChI is InChI=1S/C20H27FN2O6/c1-12(24)22-15(10-13-6-8-14(21)9-7-13)18(26)23-16(19(27)28-5)11-17(25)29-20(2,3)4/h6-9,15-16H,10-11H2,1-5H3,(H,22,24)(H,23,26)/t15-,16-/m1/s1. The number of ether oxygens (including phenoxy) is 2. The molecule has 0 saturated heterocycles. The van der Waals surface area contributed by atoms with Gasteiger partial charge in [-0.15, -0.1) is 0 Å². The van der Waals surface area contributed by atoms with E-state index in [1.807, 2.05) is 0 Å². The molecule has 160 valence electrons. The first-order valence-corrected chi connectivity index (χ1v) is 9.03. The fourth-order valence-corrected chi connectivity index (χ4v) is 2.47. The maximum absolute atomic E-state index is 13.1. The van der Waals surface area contributed by atoms with E-state index < -0.39 is 53.7 Å². The lowest BCUT2D eigenvalue weighted by Gasteiger charge is -2.24. The molecular formula is C20H27FN2O6. The Balaban J connectivity index is 2.92. The maximum atomic E-state index is 13.1. The zero-order chi connectivity index (χ0) is 22.2. The van der Waals surface area contributed by atoms with Gasteiger partial charge in [0.1, 0.15) is 23.5 Å². The van der Waals surface area contributed by atoms with E-state index in [-0.39, 0.29) is 6.42 Å². The Morgan fingerprint density at radius 2 is 1.62 bits per heavy atom. The topological polar surface area (TPSA) is 111 Å². The van der Waals surface area contributed by atoms with Gasteiger partial charge in [0.2, 0.25) is 11.8 Å². The van der Waals surface area contributed by atoms with Crippen LogP contribution in [0.4, 0.5) is 4.39 Å². The van der Waals surface area contributed by atoms with Crippen LogP contribution in [0.25, 0.3) is 0 Å². The lowest BCUT2D eigenvalue weighted by Crippen LogP contribution is -2.53. The second-order valence-corrected chi connectivity index (χ2v) is 7.46. The number of amides is 2. The minimum atomic E-state index is -1.29. The van der Waals surface area contributed by atoms with E-state index in [0.29, 0.717) is 5.56 Å². The predicted octanol–water partition coefficient (Wildman–Crippen LogP) is 1.26. The molecule has 1 aromatic rings. The van der Waals surface area contributed by atoms with Gasteiger partial charge in [-0.25, -0.2) is 9.18 Å². The molecule has 0 aliphatic carbocycles. The SMILES string of the molecule is COC(=O)[C@@H](CC(=O)OC(C)(C)C)NC(=O)[C@@H](Cc1ccc(F)cc1)NC(C)=O. The van der Waals surface area contributed by atoms with Gasteiger partial charge in [-0.1, -0.05) is 12.1 Å². The highest BCUT2D eigenvalue weighted by atomic mass is 19.1. The van der Waals surface area contributed by atoms with Crippen molar-refractivity contribution in [1.82, 2.24) is 10.6 Å². The minimum absolute atomic E-state index is 0.0615. The highest BCUT2D eigenvalue weighted by Crippen LogP contribution is 2.11. The summed E-state index contributed by atoms with van der Waals surface area (Å²) in [4.78, 5) is 48.3. The summed E-state index contributed by atoms with van der Waals surface area (Å²) in [6.07, 6.45) is -0.370. The number of carbonyl (C=O) groups excluding carboxylic acids is 4. The van der Waals surface area contributed by atoms with Crippen LogP contribution in [0.2, 0.25) is 0 Å². The molecule has 0 aliphatic heterocycles. The van der Waals surface area contributed by atoms with E-state index in [1.54, 1.807) is 20.8 Å². The Morgan fingerprint density at radius 1 is 1.03 bits per heavy atom. The van der Waals surface area contributed by atoms with Crippen LogP contribution in [-0.4, -0.2) is 48.5 Å². The fourth-order valence-electron chi connectivity index (χ4n) is 2.47. The molecule has 2 N–H and O–H groups in total. The first-order chi connectivity index (χ1) is 13.4. The van der Waals surface area contributed by atoms with Crippen LogP contribution in [0.3, 0.4) is 0 Å². The quantitative estimate of drug-likeness (QED) is 0.625. The van der Waals surface area contributed by atoms with Crippen LogP contribution in [-0.2, 0) is 35.1 Å². The second kappa shape index (κ2) is 10.5. The summed E-state index contributed by atoms with van der Waals surface area (Å²) in [5.74, 6) is -3.11. The molecule has 0 aliphatic rings. The summed E-state index contributed by atoms with van der Waals surface area (Å²) in [5.41, 5.74) is -0.162. The molecule has 0 aromatic heterocycles. The van der Waals surface area contributed by atoms with Crippen LogP contribution in [0.15, 0.2) is 24.3 Å². The van der Waals surface area contributed by atoms with Gasteiger partial charge in [-0.2, -0.15) is 0 Å². The van der Waals surface area contributed by atoms with Crippen molar-refractivity contribution >= 4 is 23.8 Å². The number of esters is 2. The number of carbonyl (C=O) groups is 4. The number of rotatable bonds is 8. The van der Waals surface area contributed by atoms with Crippen LogP contribution in [0.1, 0.15) is 39.7 Å². The third-order valence-electron chi connectivity index (χ3n) is 3.64. The molecule has 1 rings (SSSR count). The lowest BCUT2D eigenvalue weighted by atomic mass is 10.0. The van der Waals surface area contributed by atoms with Gasteiger partial charge in [0, 0.05) is 13.3 Å². The number of hydrogen-bond donors (Lipinski definition) is 2. The third kappa shape index (κ3) is 9.18. The van der Waals surface area contributed by atoms with Crippen LogP contribution in [0.5, 0.6) is 0 Å². The normalized spacial score (nSPS) is 13.0. The first kappa shape index (κ1) is 24.1. The highest BCUT2D eigenvalue weighted by molar-refractivity contribution is 5.92. The molecule has 0 spiro atoms. The molecule has 8 nitrogen and oxygen atoms in total. The van der Waals surface area contributed by atoms with Crippen molar-refractivity contribution in [3.8, 4) is 0 Å². The van der Waals surface area contributed by atoms with E-state index in [1.165, 1.54) is 31.2 Å². The summed E-state index contributed by atoms with van der Waals surface area (Å²) in [6.45, 7) is 6.26. The molecule has 0 bridgehead atoms. The molecule has 9 heteroatoms. The zero-order valence-corrected chi connectivity index (χ0v) is 17.2. The molecule has 0 unspecified atom stereocenters. The van der Waals surface area contributed by atoms with E-state index in [2.05, 4.69) is 15.4 Å². The number of hydrogen-bond acceptors (Lipinski definition) is 6. The fraction of sp³-hybridized carbons (Fsp3) is 0.500. The van der Waals surface area contributed by atoms with Crippen molar-refractivity contribution in [2.75, 3.05) is 7.11 Å². The lowest BCUT2D eigenvalue weighted by molar-refractivity contribution is -0.159. The van der Waals surface area contributed by atoms with Gasteiger partial charge in [0.05, 0.1) is 13.5 Å². The maximum Gasteiger partial charge on any atom is 0.328 e. The summed E-state index contributed by atoms with van der Waals surface area (Å²) in [7, 11) is 1.13. The summed E-state index contributed by atoms with van der Waals surface area (Å²) >= 11 is 0. The van der Waals surface area contributed by atoms with Gasteiger partial charge in [-0.05, 0) is 38.5 Å². The van der Waals surface area contributed by atoms with Crippen molar-refractivity contribution in [2.45, 2.75) is 58.2 Å². The van der Waals surface area contributed by atoms with Gasteiger partial charge in [0.25, 0.3) is 0 Å². The molecule has 1 aromatic carbocycles. The Hall–Kier alpha value is -2.97. The van der Waals surface area contributed by atoms with E-state index in [0.717, 1.165) is 7.11 Å². The molecular weight excluding hydrogens is 383 g/mol. The molecule has 0 heterocycles. The Labute approximate surface area is 169 Å². The number of halogens is 1. The Kier molecular flexibility index (Phi) is 8.75. The van der Waals surface area contributed by atoms with Crippen LogP contribution in [0, 0.1) is 5.82 Å². The van der Waals surface area contributed by atoms with Gasteiger partial charge in [0.15, 0.2) is 0 Å². The summed E-state index contributed by atoms with van der Waals surface area (Å²) in [5, 5.41) is 4.90. The molecule has 0 radical (unpaired) electrons. The van der Waals surface area contributed by atoms with Gasteiger partial charge < -0.3 is 20.1 Å². The number of methoxy groups -OCH3 is 1. The smallest absolute Gasteiger partial charge is 0.328 e. The highest BCUT2D eigenvalue weighted by Gasteiger charge is 2.30. The number of nitrogens with one attached hydrogen (secondary N) is 2. The monoisotopic (exact) mass is 410 g/mol. The molecule has 0 saturated carbocycles. The Morgan fingerprint density at radius 3 is 2.10 bits per heavy atom. The van der Waals surface area contributed by atoms with Gasteiger partial charge >= 0.3 is 11.9 Å². The summed E-state index contributed by atoms with van der Waals surface area (Å²) < 4.78 is 22.9. The zero-order valence-electron chi connectivity index (χ0n) is 17.2. The molecule has 2 atom stereocenters. The van der Waals surface area contributed by atoms with Crippen LogP contribution < -0.4 is 10.6 Å². The van der Waals surface area contributed by atoms with E-state index in [9.17, 15) is 23.6 Å². The average Bonchev–Trinajstić information content (AvgIpc) is 2.59. The molecule has 29 heavy (non-hydrogen) atoms. The largest absolute Gasteiger partial charge is 0.467 e. The predicted molar refractivity (Wildman–Crippen MR) is 102 cm³/mol. The van der Waals surface area contributed by atoms with Crippen molar-refractivity contribution in [2.24, 2.45) is 0 Å². The minimum Gasteiger partial charge on any atom is -0.467 e. The third-order valence-corrected chi connectivity index (χ3v) is 3.64. The van der Waals surface area contributed by atoms with E-state index >= 15 is 0 Å². The van der Waals surface area contributed by atoms with Gasteiger partial charge in [-0.3, -0.25) is 14.4 Å². The van der Waals surface area contributed by atoms with Crippen molar-refractivity contribution in [1.29, 1.82) is 0 Å². The average molecular weight is 410 g/mol. The second-order valence-electron chi connectivity index (χ2n) is 7.46. The Bertz CT molecular complexity index is 742.